The smallest absolute Gasteiger partial charge is 0.0962 e. The average Bonchev–Trinajstić information content (AvgIpc) is 2.34. The minimum absolute atomic E-state index is 0. The van der Waals surface area contributed by atoms with E-state index in [2.05, 4.69) is 34.6 Å². The Morgan fingerprint density at radius 1 is 1.80 bits per heavy atom. The Kier molecular flexibility index (Phi) is 2.39. The zero-order valence-corrected chi connectivity index (χ0v) is 6.26. The Balaban J connectivity index is 0.000001000. The van der Waals surface area contributed by atoms with E-state index in [4.69, 9.17) is 0 Å². The van der Waals surface area contributed by atoms with Gasteiger partial charge in [-0.3, -0.25) is 0 Å². The van der Waals surface area contributed by atoms with Gasteiger partial charge in [0.15, 0.2) is 0 Å². The van der Waals surface area contributed by atoms with Crippen LogP contribution in [0.3, 0.4) is 0 Å². The minimum atomic E-state index is 0. The highest BCUT2D eigenvalue weighted by atomic mass is 15.3. The first-order chi connectivity index (χ1) is 4.79. The number of aromatic amines is 1. The van der Waals surface area contributed by atoms with Crippen molar-refractivity contribution in [3.05, 3.63) is 11.9 Å². The Bertz CT molecular complexity index is 173. The van der Waals surface area contributed by atoms with Crippen LogP contribution in [-0.4, -0.2) is 21.5 Å². The summed E-state index contributed by atoms with van der Waals surface area (Å²) in [6, 6.07) is 0.497. The standard InChI is InChI=1S/C6H12N4.H2/c1-5(2)7-3-6-4-8-10-9-6;/h4-5,7H,3H2,1-2H3,(H,8,9,10);1H. The second-order valence-corrected chi connectivity index (χ2v) is 2.50. The van der Waals surface area contributed by atoms with E-state index < -0.39 is 0 Å². The van der Waals surface area contributed by atoms with E-state index in [1.165, 1.54) is 0 Å². The Morgan fingerprint density at radius 3 is 3.10 bits per heavy atom. The predicted molar refractivity (Wildman–Crippen MR) is 40.5 cm³/mol. The molecule has 1 heterocycles. The van der Waals surface area contributed by atoms with Crippen LogP contribution < -0.4 is 5.32 Å². The average molecular weight is 142 g/mol. The monoisotopic (exact) mass is 142 g/mol. The fraction of sp³-hybridized carbons (Fsp3) is 0.667. The third kappa shape index (κ3) is 2.14. The second kappa shape index (κ2) is 3.31. The maximum absolute atomic E-state index is 3.89. The van der Waals surface area contributed by atoms with Gasteiger partial charge in [0.25, 0.3) is 0 Å². The lowest BCUT2D eigenvalue weighted by atomic mass is 10.4. The lowest BCUT2D eigenvalue weighted by molar-refractivity contribution is 0.580. The normalized spacial score (nSPS) is 10.7. The van der Waals surface area contributed by atoms with Crippen LogP contribution in [0.4, 0.5) is 0 Å². The highest BCUT2D eigenvalue weighted by Gasteiger charge is 1.95. The predicted octanol–water partition coefficient (Wildman–Crippen LogP) is 0.549. The summed E-state index contributed by atoms with van der Waals surface area (Å²) in [5, 5.41) is 13.4. The van der Waals surface area contributed by atoms with Crippen molar-refractivity contribution in [2.75, 3.05) is 0 Å². The molecule has 1 aromatic heterocycles. The van der Waals surface area contributed by atoms with Gasteiger partial charge in [0, 0.05) is 14.0 Å². The topological polar surface area (TPSA) is 53.6 Å². The van der Waals surface area contributed by atoms with Crippen LogP contribution >= 0.6 is 0 Å². The van der Waals surface area contributed by atoms with E-state index in [1.807, 2.05) is 0 Å². The van der Waals surface area contributed by atoms with Crippen LogP contribution in [0.2, 0.25) is 0 Å². The molecule has 0 aliphatic heterocycles. The zero-order valence-electron chi connectivity index (χ0n) is 6.26. The van der Waals surface area contributed by atoms with Crippen molar-refractivity contribution in [1.82, 2.24) is 20.7 Å². The maximum Gasteiger partial charge on any atom is 0.0962 e. The number of nitrogens with zero attached hydrogens (tertiary/aromatic N) is 2. The maximum atomic E-state index is 3.89. The van der Waals surface area contributed by atoms with Gasteiger partial charge in [-0.1, -0.05) is 13.8 Å². The molecule has 0 bridgehead atoms. The number of H-pyrrole nitrogens is 1. The van der Waals surface area contributed by atoms with Gasteiger partial charge in [-0.15, -0.1) is 0 Å². The molecular weight excluding hydrogens is 128 g/mol. The van der Waals surface area contributed by atoms with Crippen LogP contribution in [-0.2, 0) is 6.54 Å². The van der Waals surface area contributed by atoms with Gasteiger partial charge in [0.1, 0.15) is 0 Å². The molecule has 1 rings (SSSR count). The first kappa shape index (κ1) is 7.21. The number of rotatable bonds is 3. The van der Waals surface area contributed by atoms with Gasteiger partial charge in [-0.05, 0) is 0 Å². The van der Waals surface area contributed by atoms with Crippen molar-refractivity contribution < 1.29 is 1.43 Å². The summed E-state index contributed by atoms with van der Waals surface area (Å²) in [5.41, 5.74) is 0.953. The molecule has 4 nitrogen and oxygen atoms in total. The van der Waals surface area contributed by atoms with Crippen molar-refractivity contribution in [1.29, 1.82) is 0 Å². The quantitative estimate of drug-likeness (QED) is 0.648. The highest BCUT2D eigenvalue weighted by Crippen LogP contribution is 1.87. The van der Waals surface area contributed by atoms with Gasteiger partial charge in [0.2, 0.25) is 0 Å². The molecule has 58 valence electrons. The summed E-state index contributed by atoms with van der Waals surface area (Å²) in [7, 11) is 0. The van der Waals surface area contributed by atoms with E-state index >= 15 is 0 Å². The van der Waals surface area contributed by atoms with Crippen LogP contribution in [0.15, 0.2) is 6.20 Å². The molecule has 4 heteroatoms. The van der Waals surface area contributed by atoms with Crippen LogP contribution in [0.1, 0.15) is 21.0 Å². The molecule has 0 spiro atoms. The summed E-state index contributed by atoms with van der Waals surface area (Å²) in [5.74, 6) is 0. The molecule has 1 aromatic rings. The number of hydrogen-bond acceptors (Lipinski definition) is 3. The summed E-state index contributed by atoms with van der Waals surface area (Å²) < 4.78 is 0. The molecule has 0 saturated heterocycles. The van der Waals surface area contributed by atoms with E-state index in [1.54, 1.807) is 6.20 Å². The Hall–Kier alpha value is -0.900. The molecule has 0 radical (unpaired) electrons. The van der Waals surface area contributed by atoms with Crippen LogP contribution in [0.5, 0.6) is 0 Å². The first-order valence-electron chi connectivity index (χ1n) is 3.37. The van der Waals surface area contributed by atoms with Crippen LogP contribution in [0.25, 0.3) is 0 Å². The minimum Gasteiger partial charge on any atom is -0.309 e. The van der Waals surface area contributed by atoms with Gasteiger partial charge in [-0.2, -0.15) is 15.4 Å². The van der Waals surface area contributed by atoms with Gasteiger partial charge < -0.3 is 5.32 Å². The lowest BCUT2D eigenvalue weighted by Crippen LogP contribution is -2.21. The molecule has 2 N–H and O–H groups in total. The molecule has 0 aliphatic carbocycles. The molecule has 0 amide bonds. The van der Waals surface area contributed by atoms with Gasteiger partial charge in [0.05, 0.1) is 11.9 Å². The van der Waals surface area contributed by atoms with Crippen molar-refractivity contribution in [3.8, 4) is 0 Å². The molecule has 0 fully saturated rings. The lowest BCUT2D eigenvalue weighted by Gasteiger charge is -2.03. The molecule has 10 heavy (non-hydrogen) atoms. The largest absolute Gasteiger partial charge is 0.309 e. The second-order valence-electron chi connectivity index (χ2n) is 2.50. The number of nitrogens with one attached hydrogen (secondary N) is 2. The molecule has 0 atom stereocenters. The van der Waals surface area contributed by atoms with Gasteiger partial charge in [-0.25, -0.2) is 0 Å². The third-order valence-corrected chi connectivity index (χ3v) is 1.16. The van der Waals surface area contributed by atoms with Crippen LogP contribution in [0, 0.1) is 0 Å². The summed E-state index contributed by atoms with van der Waals surface area (Å²) in [6.07, 6.45) is 1.72. The zero-order chi connectivity index (χ0) is 7.40. The van der Waals surface area contributed by atoms with E-state index in [0.717, 1.165) is 12.2 Å². The van der Waals surface area contributed by atoms with E-state index in [0.29, 0.717) is 6.04 Å². The SMILES string of the molecule is CC(C)NCc1cn[nH]n1.[HH]. The summed E-state index contributed by atoms with van der Waals surface area (Å²) in [6.45, 7) is 4.98. The number of aromatic nitrogens is 3. The summed E-state index contributed by atoms with van der Waals surface area (Å²) >= 11 is 0. The van der Waals surface area contributed by atoms with Crippen molar-refractivity contribution >= 4 is 0 Å². The van der Waals surface area contributed by atoms with Gasteiger partial charge >= 0.3 is 0 Å². The first-order valence-corrected chi connectivity index (χ1v) is 3.37. The fourth-order valence-corrected chi connectivity index (χ4v) is 0.619. The van der Waals surface area contributed by atoms with E-state index in [-0.39, 0.29) is 1.43 Å². The summed E-state index contributed by atoms with van der Waals surface area (Å²) in [4.78, 5) is 0. The van der Waals surface area contributed by atoms with Crippen molar-refractivity contribution in [2.24, 2.45) is 0 Å². The van der Waals surface area contributed by atoms with Crippen molar-refractivity contribution in [3.63, 3.8) is 0 Å². The van der Waals surface area contributed by atoms with E-state index in [9.17, 15) is 0 Å². The molecule has 0 aromatic carbocycles. The fourth-order valence-electron chi connectivity index (χ4n) is 0.619. The molecule has 0 unspecified atom stereocenters. The Morgan fingerprint density at radius 2 is 2.60 bits per heavy atom. The molecule has 0 saturated carbocycles. The third-order valence-electron chi connectivity index (χ3n) is 1.16. The molecular formula is C6H14N4. The number of hydrogen-bond donors (Lipinski definition) is 2. The highest BCUT2D eigenvalue weighted by molar-refractivity contribution is 4.89. The Labute approximate surface area is 61.5 Å². The van der Waals surface area contributed by atoms with Crippen molar-refractivity contribution in [2.45, 2.75) is 26.4 Å². The molecule has 0 aliphatic rings.